The van der Waals surface area contributed by atoms with Gasteiger partial charge in [0.2, 0.25) is 0 Å². The Kier molecular flexibility index (Phi) is 3.62. The van der Waals surface area contributed by atoms with Crippen LogP contribution in [0.2, 0.25) is 0 Å². The molecule has 0 saturated carbocycles. The second-order valence-electron chi connectivity index (χ2n) is 2.73. The zero-order valence-corrected chi connectivity index (χ0v) is 7.34. The molecule has 1 atom stereocenters. The maximum atomic E-state index is 12.3. The van der Waals surface area contributed by atoms with Crippen LogP contribution in [0.25, 0.3) is 0 Å². The Morgan fingerprint density at radius 2 is 1.53 bits per heavy atom. The molecule has 0 aromatic heterocycles. The van der Waals surface area contributed by atoms with Crippen molar-refractivity contribution >= 4 is 0 Å². The zero-order chi connectivity index (χ0) is 11.5. The third kappa shape index (κ3) is 3.47. The SMILES string of the molecule is FC(F)OC(c1ccccc1)C(F)(F)F. The Hall–Kier alpha value is -1.17. The van der Waals surface area contributed by atoms with E-state index in [-0.39, 0.29) is 5.56 Å². The molecule has 0 aliphatic rings. The van der Waals surface area contributed by atoms with Crippen LogP contribution in [0.4, 0.5) is 22.0 Å². The fourth-order valence-corrected chi connectivity index (χ4v) is 1.08. The normalized spacial score (nSPS) is 14.3. The lowest BCUT2D eigenvalue weighted by molar-refractivity contribution is -0.277. The standard InChI is InChI=1S/C9H7F5O/c10-8(11)15-7(9(12,13)14)6-4-2-1-3-5-6/h1-5,7-8H. The molecule has 0 radical (unpaired) electrons. The van der Waals surface area contributed by atoms with Gasteiger partial charge in [-0.05, 0) is 5.56 Å². The predicted molar refractivity (Wildman–Crippen MR) is 42.3 cm³/mol. The minimum absolute atomic E-state index is 0.342. The Labute approximate surface area is 82.5 Å². The van der Waals surface area contributed by atoms with E-state index < -0.39 is 18.9 Å². The van der Waals surface area contributed by atoms with E-state index in [2.05, 4.69) is 4.74 Å². The number of benzene rings is 1. The Morgan fingerprint density at radius 1 is 1.00 bits per heavy atom. The highest BCUT2D eigenvalue weighted by atomic mass is 19.4. The topological polar surface area (TPSA) is 9.23 Å². The van der Waals surface area contributed by atoms with Crippen LogP contribution >= 0.6 is 0 Å². The number of rotatable bonds is 3. The van der Waals surface area contributed by atoms with E-state index in [1.165, 1.54) is 18.2 Å². The first-order valence-corrected chi connectivity index (χ1v) is 3.96. The Morgan fingerprint density at radius 3 is 1.93 bits per heavy atom. The maximum absolute atomic E-state index is 12.3. The minimum atomic E-state index is -4.85. The summed E-state index contributed by atoms with van der Waals surface area (Å²) in [4.78, 5) is 0. The summed E-state index contributed by atoms with van der Waals surface area (Å²) in [6, 6.07) is 6.30. The molecule has 1 nitrogen and oxygen atoms in total. The third-order valence-corrected chi connectivity index (χ3v) is 1.64. The van der Waals surface area contributed by atoms with Crippen molar-refractivity contribution in [1.82, 2.24) is 0 Å². The molecule has 84 valence electrons. The molecule has 0 heterocycles. The summed E-state index contributed by atoms with van der Waals surface area (Å²) in [6.45, 7) is -3.46. The summed E-state index contributed by atoms with van der Waals surface area (Å²) in [5.74, 6) is 0. The van der Waals surface area contributed by atoms with E-state index >= 15 is 0 Å². The van der Waals surface area contributed by atoms with Crippen LogP contribution in [0.5, 0.6) is 0 Å². The smallest absolute Gasteiger partial charge is 0.305 e. The van der Waals surface area contributed by atoms with Crippen LogP contribution in [-0.2, 0) is 4.74 Å². The molecular formula is C9H7F5O. The van der Waals surface area contributed by atoms with Gasteiger partial charge in [0.1, 0.15) is 0 Å². The molecule has 1 aromatic rings. The minimum Gasteiger partial charge on any atom is -0.305 e. The van der Waals surface area contributed by atoms with E-state index in [4.69, 9.17) is 0 Å². The average molecular weight is 226 g/mol. The lowest BCUT2D eigenvalue weighted by Crippen LogP contribution is -2.25. The maximum Gasteiger partial charge on any atom is 0.419 e. The van der Waals surface area contributed by atoms with Crippen molar-refractivity contribution in [3.63, 3.8) is 0 Å². The van der Waals surface area contributed by atoms with Gasteiger partial charge in [-0.15, -0.1) is 0 Å². The molecule has 0 aliphatic heterocycles. The lowest BCUT2D eigenvalue weighted by atomic mass is 10.1. The summed E-state index contributed by atoms with van der Waals surface area (Å²) in [7, 11) is 0. The summed E-state index contributed by atoms with van der Waals surface area (Å²) in [6.07, 6.45) is -7.43. The number of alkyl halides is 5. The molecule has 6 heteroatoms. The molecule has 0 amide bonds. The first-order chi connectivity index (χ1) is 6.91. The van der Waals surface area contributed by atoms with Crippen molar-refractivity contribution in [1.29, 1.82) is 0 Å². The van der Waals surface area contributed by atoms with Gasteiger partial charge in [0.25, 0.3) is 0 Å². The molecule has 0 fully saturated rings. The van der Waals surface area contributed by atoms with Gasteiger partial charge in [-0.1, -0.05) is 30.3 Å². The predicted octanol–water partition coefficient (Wildman–Crippen LogP) is 3.53. The Balaban J connectivity index is 2.92. The van der Waals surface area contributed by atoms with Crippen LogP contribution in [0.15, 0.2) is 30.3 Å². The van der Waals surface area contributed by atoms with Crippen molar-refractivity contribution in [3.8, 4) is 0 Å². The average Bonchev–Trinajstić information content (AvgIpc) is 2.14. The van der Waals surface area contributed by atoms with Gasteiger partial charge in [-0.2, -0.15) is 22.0 Å². The van der Waals surface area contributed by atoms with Crippen LogP contribution < -0.4 is 0 Å². The number of hydrogen-bond donors (Lipinski definition) is 0. The fourth-order valence-electron chi connectivity index (χ4n) is 1.08. The molecule has 0 spiro atoms. The highest BCUT2D eigenvalue weighted by molar-refractivity contribution is 5.18. The van der Waals surface area contributed by atoms with Crippen LogP contribution in [0.3, 0.4) is 0 Å². The lowest BCUT2D eigenvalue weighted by Gasteiger charge is -2.20. The van der Waals surface area contributed by atoms with Crippen molar-refractivity contribution in [3.05, 3.63) is 35.9 Å². The molecule has 1 aromatic carbocycles. The van der Waals surface area contributed by atoms with Crippen molar-refractivity contribution in [2.45, 2.75) is 18.9 Å². The highest BCUT2D eigenvalue weighted by Crippen LogP contribution is 2.36. The molecule has 0 aliphatic carbocycles. The first-order valence-electron chi connectivity index (χ1n) is 3.96. The van der Waals surface area contributed by atoms with Gasteiger partial charge >= 0.3 is 12.8 Å². The summed E-state index contributed by atoms with van der Waals surface area (Å²) < 4.78 is 64.0. The van der Waals surface area contributed by atoms with Gasteiger partial charge < -0.3 is 4.74 Å². The third-order valence-electron chi connectivity index (χ3n) is 1.64. The van der Waals surface area contributed by atoms with E-state index in [0.717, 1.165) is 12.1 Å². The summed E-state index contributed by atoms with van der Waals surface area (Å²) >= 11 is 0. The largest absolute Gasteiger partial charge is 0.419 e. The highest BCUT2D eigenvalue weighted by Gasteiger charge is 2.43. The quantitative estimate of drug-likeness (QED) is 0.716. The molecule has 1 rings (SSSR count). The van der Waals surface area contributed by atoms with E-state index in [9.17, 15) is 22.0 Å². The van der Waals surface area contributed by atoms with Crippen LogP contribution in [-0.4, -0.2) is 12.8 Å². The van der Waals surface area contributed by atoms with Crippen LogP contribution in [0, 0.1) is 0 Å². The van der Waals surface area contributed by atoms with Gasteiger partial charge in [0, 0.05) is 0 Å². The van der Waals surface area contributed by atoms with E-state index in [0.29, 0.717) is 0 Å². The van der Waals surface area contributed by atoms with Crippen molar-refractivity contribution in [2.75, 3.05) is 0 Å². The summed E-state index contributed by atoms with van der Waals surface area (Å²) in [5.41, 5.74) is -0.342. The van der Waals surface area contributed by atoms with Gasteiger partial charge in [0.05, 0.1) is 0 Å². The molecule has 1 unspecified atom stereocenters. The monoisotopic (exact) mass is 226 g/mol. The molecule has 0 N–H and O–H groups in total. The zero-order valence-electron chi connectivity index (χ0n) is 7.34. The molecular weight excluding hydrogens is 219 g/mol. The Bertz CT molecular complexity index is 295. The van der Waals surface area contributed by atoms with Crippen LogP contribution in [0.1, 0.15) is 11.7 Å². The van der Waals surface area contributed by atoms with E-state index in [1.807, 2.05) is 0 Å². The first kappa shape index (κ1) is 11.9. The van der Waals surface area contributed by atoms with Crippen molar-refractivity contribution in [2.24, 2.45) is 0 Å². The summed E-state index contributed by atoms with van der Waals surface area (Å²) in [5, 5.41) is 0. The molecule has 0 bridgehead atoms. The van der Waals surface area contributed by atoms with Crippen molar-refractivity contribution < 1.29 is 26.7 Å². The number of ether oxygens (including phenoxy) is 1. The fraction of sp³-hybridized carbons (Fsp3) is 0.333. The molecule has 0 saturated heterocycles. The number of halogens is 5. The van der Waals surface area contributed by atoms with Gasteiger partial charge in [0.15, 0.2) is 6.10 Å². The second-order valence-corrected chi connectivity index (χ2v) is 2.73. The van der Waals surface area contributed by atoms with E-state index in [1.54, 1.807) is 0 Å². The molecule has 15 heavy (non-hydrogen) atoms. The number of hydrogen-bond acceptors (Lipinski definition) is 1. The second kappa shape index (κ2) is 4.57. The van der Waals surface area contributed by atoms with Gasteiger partial charge in [-0.3, -0.25) is 0 Å². The van der Waals surface area contributed by atoms with Gasteiger partial charge in [-0.25, -0.2) is 0 Å².